The molecule has 0 bridgehead atoms. The minimum atomic E-state index is -0.852. The first kappa shape index (κ1) is 15.8. The fourth-order valence-corrected chi connectivity index (χ4v) is 2.23. The zero-order valence-electron chi connectivity index (χ0n) is 12.4. The Bertz CT molecular complexity index is 330. The third-order valence-corrected chi connectivity index (χ3v) is 4.00. The molecule has 1 atom stereocenters. The largest absolute Gasteiger partial charge is 0.481 e. The molecule has 0 radical (unpaired) electrons. The number of nitrogens with one attached hydrogen (secondary N) is 1. The Labute approximate surface area is 115 Å². The van der Waals surface area contributed by atoms with Crippen molar-refractivity contribution in [2.75, 3.05) is 19.6 Å². The summed E-state index contributed by atoms with van der Waals surface area (Å²) in [4.78, 5) is 24.8. The smallest absolute Gasteiger partial charge is 0.317 e. The van der Waals surface area contributed by atoms with E-state index in [0.29, 0.717) is 5.41 Å². The Morgan fingerprint density at radius 1 is 1.26 bits per heavy atom. The maximum Gasteiger partial charge on any atom is 0.317 e. The van der Waals surface area contributed by atoms with Gasteiger partial charge in [-0.25, -0.2) is 4.79 Å². The molecule has 19 heavy (non-hydrogen) atoms. The molecule has 1 aliphatic heterocycles. The number of carbonyl (C=O) groups excluding carboxylic acids is 1. The first-order chi connectivity index (χ1) is 8.73. The van der Waals surface area contributed by atoms with Crippen LogP contribution in [0.4, 0.5) is 4.79 Å². The molecule has 1 aliphatic rings. The maximum absolute atomic E-state index is 12.0. The second-order valence-corrected chi connectivity index (χ2v) is 6.53. The van der Waals surface area contributed by atoms with E-state index < -0.39 is 11.9 Å². The van der Waals surface area contributed by atoms with Crippen LogP contribution in [-0.2, 0) is 4.79 Å². The summed E-state index contributed by atoms with van der Waals surface area (Å²) in [5, 5.41) is 11.8. The van der Waals surface area contributed by atoms with E-state index in [2.05, 4.69) is 19.2 Å². The van der Waals surface area contributed by atoms with E-state index >= 15 is 0 Å². The van der Waals surface area contributed by atoms with Gasteiger partial charge in [-0.1, -0.05) is 27.7 Å². The van der Waals surface area contributed by atoms with Crippen molar-refractivity contribution in [1.82, 2.24) is 10.2 Å². The molecule has 1 fully saturated rings. The second-order valence-electron chi connectivity index (χ2n) is 6.53. The first-order valence-electron chi connectivity index (χ1n) is 6.98. The molecule has 2 N–H and O–H groups in total. The predicted octanol–water partition coefficient (Wildman–Crippen LogP) is 2.17. The predicted molar refractivity (Wildman–Crippen MR) is 74.0 cm³/mol. The molecule has 2 amide bonds. The van der Waals surface area contributed by atoms with Crippen molar-refractivity contribution in [2.24, 2.45) is 17.3 Å². The topological polar surface area (TPSA) is 69.6 Å². The van der Waals surface area contributed by atoms with Gasteiger partial charge in [-0.15, -0.1) is 0 Å². The third-order valence-electron chi connectivity index (χ3n) is 4.00. The number of amides is 2. The summed E-state index contributed by atoms with van der Waals surface area (Å²) in [5.74, 6) is -1.36. The summed E-state index contributed by atoms with van der Waals surface area (Å²) >= 11 is 0. The number of aliphatic carboxylic acids is 1. The molecule has 1 saturated heterocycles. The Hall–Kier alpha value is -1.26. The van der Waals surface area contributed by atoms with E-state index in [4.69, 9.17) is 5.11 Å². The highest BCUT2D eigenvalue weighted by Gasteiger charge is 2.29. The lowest BCUT2D eigenvalue weighted by molar-refractivity contribution is -0.142. The number of urea groups is 1. The fraction of sp³-hybridized carbons (Fsp3) is 0.857. The average molecular weight is 270 g/mol. The zero-order valence-corrected chi connectivity index (χ0v) is 12.4. The number of rotatable bonds is 4. The number of hydrogen-bond acceptors (Lipinski definition) is 2. The van der Waals surface area contributed by atoms with Gasteiger partial charge in [0.2, 0.25) is 0 Å². The molecule has 5 nitrogen and oxygen atoms in total. The van der Waals surface area contributed by atoms with Gasteiger partial charge in [0.1, 0.15) is 0 Å². The van der Waals surface area contributed by atoms with E-state index in [0.717, 1.165) is 25.9 Å². The lowest BCUT2D eigenvalue weighted by atomic mass is 9.83. The van der Waals surface area contributed by atoms with Crippen LogP contribution in [0.15, 0.2) is 0 Å². The van der Waals surface area contributed by atoms with Crippen molar-refractivity contribution in [3.63, 3.8) is 0 Å². The molecule has 0 aromatic heterocycles. The molecule has 0 saturated carbocycles. The third kappa shape index (κ3) is 4.73. The molecule has 1 unspecified atom stereocenters. The van der Waals surface area contributed by atoms with Gasteiger partial charge in [-0.05, 0) is 24.2 Å². The van der Waals surface area contributed by atoms with Crippen LogP contribution in [0.2, 0.25) is 0 Å². The second kappa shape index (κ2) is 6.26. The van der Waals surface area contributed by atoms with Crippen molar-refractivity contribution in [3.05, 3.63) is 0 Å². The van der Waals surface area contributed by atoms with Gasteiger partial charge in [0.25, 0.3) is 0 Å². The maximum atomic E-state index is 12.0. The molecule has 1 rings (SSSR count). The van der Waals surface area contributed by atoms with E-state index in [9.17, 15) is 9.59 Å². The number of carboxylic acid groups (broad SMARTS) is 1. The first-order valence-corrected chi connectivity index (χ1v) is 6.98. The summed E-state index contributed by atoms with van der Waals surface area (Å²) in [6.07, 6.45) is 1.99. The van der Waals surface area contributed by atoms with Crippen molar-refractivity contribution < 1.29 is 14.7 Å². The van der Waals surface area contributed by atoms with E-state index in [-0.39, 0.29) is 18.5 Å². The Morgan fingerprint density at radius 2 is 1.79 bits per heavy atom. The number of piperidine rings is 1. The highest BCUT2D eigenvalue weighted by molar-refractivity contribution is 5.76. The average Bonchev–Trinajstić information content (AvgIpc) is 2.27. The van der Waals surface area contributed by atoms with Gasteiger partial charge in [0, 0.05) is 19.6 Å². The molecule has 5 heteroatoms. The number of carbonyl (C=O) groups is 2. The van der Waals surface area contributed by atoms with E-state index in [1.165, 1.54) is 0 Å². The van der Waals surface area contributed by atoms with Crippen LogP contribution >= 0.6 is 0 Å². The molecular weight excluding hydrogens is 244 g/mol. The van der Waals surface area contributed by atoms with Gasteiger partial charge >= 0.3 is 12.0 Å². The Morgan fingerprint density at radius 3 is 2.21 bits per heavy atom. The van der Waals surface area contributed by atoms with Gasteiger partial charge in [-0.3, -0.25) is 4.79 Å². The van der Waals surface area contributed by atoms with E-state index in [1.807, 2.05) is 13.8 Å². The fourth-order valence-electron chi connectivity index (χ4n) is 2.23. The van der Waals surface area contributed by atoms with Crippen LogP contribution in [-0.4, -0.2) is 41.6 Å². The number of likely N-dealkylation sites (tertiary alicyclic amines) is 1. The molecule has 0 spiro atoms. The summed E-state index contributed by atoms with van der Waals surface area (Å²) in [5.41, 5.74) is 0.304. The van der Waals surface area contributed by atoms with Crippen molar-refractivity contribution in [3.8, 4) is 0 Å². The molecule has 1 heterocycles. The van der Waals surface area contributed by atoms with E-state index in [1.54, 1.807) is 4.90 Å². The van der Waals surface area contributed by atoms with Crippen LogP contribution in [0.25, 0.3) is 0 Å². The SMILES string of the molecule is CC(C)C(CNC(=O)N1CCC(C)(C)CC1)C(=O)O. The van der Waals surface area contributed by atoms with Gasteiger partial charge in [0.15, 0.2) is 0 Å². The summed E-state index contributed by atoms with van der Waals surface area (Å²) < 4.78 is 0. The Kier molecular flexibility index (Phi) is 5.20. The standard InChI is InChI=1S/C14H26N2O3/c1-10(2)11(12(17)18)9-15-13(19)16-7-5-14(3,4)6-8-16/h10-11H,5-9H2,1-4H3,(H,15,19)(H,17,18). The Balaban J connectivity index is 2.41. The normalized spacial score (nSPS) is 20.2. The van der Waals surface area contributed by atoms with Gasteiger partial charge < -0.3 is 15.3 Å². The van der Waals surface area contributed by atoms with Crippen molar-refractivity contribution in [2.45, 2.75) is 40.5 Å². The molecular formula is C14H26N2O3. The quantitative estimate of drug-likeness (QED) is 0.822. The van der Waals surface area contributed by atoms with Crippen LogP contribution < -0.4 is 5.32 Å². The number of nitrogens with zero attached hydrogens (tertiary/aromatic N) is 1. The summed E-state index contributed by atoms with van der Waals surface area (Å²) in [6, 6.07) is -0.137. The van der Waals surface area contributed by atoms with Gasteiger partial charge in [-0.2, -0.15) is 0 Å². The molecule has 0 aliphatic carbocycles. The van der Waals surface area contributed by atoms with Crippen molar-refractivity contribution in [1.29, 1.82) is 0 Å². The summed E-state index contributed by atoms with van der Waals surface area (Å²) in [6.45, 7) is 9.83. The number of hydrogen-bond donors (Lipinski definition) is 2. The summed E-state index contributed by atoms with van der Waals surface area (Å²) in [7, 11) is 0. The van der Waals surface area contributed by atoms with Crippen LogP contribution in [0.5, 0.6) is 0 Å². The van der Waals surface area contributed by atoms with Crippen molar-refractivity contribution >= 4 is 12.0 Å². The highest BCUT2D eigenvalue weighted by Crippen LogP contribution is 2.29. The zero-order chi connectivity index (χ0) is 14.6. The van der Waals surface area contributed by atoms with Gasteiger partial charge in [0.05, 0.1) is 5.92 Å². The number of carboxylic acids is 1. The van der Waals surface area contributed by atoms with Crippen LogP contribution in [0.1, 0.15) is 40.5 Å². The monoisotopic (exact) mass is 270 g/mol. The lowest BCUT2D eigenvalue weighted by Gasteiger charge is -2.37. The van der Waals surface area contributed by atoms with Crippen LogP contribution in [0.3, 0.4) is 0 Å². The minimum Gasteiger partial charge on any atom is -0.481 e. The molecule has 0 aromatic carbocycles. The van der Waals surface area contributed by atoms with Crippen LogP contribution in [0, 0.1) is 17.3 Å². The minimum absolute atomic E-state index is 0.0121. The lowest BCUT2D eigenvalue weighted by Crippen LogP contribution is -2.48. The molecule has 110 valence electrons. The highest BCUT2D eigenvalue weighted by atomic mass is 16.4. The molecule has 0 aromatic rings.